The maximum Gasteiger partial charge on any atom is 0.325 e. The molecule has 0 saturated carbocycles. The summed E-state index contributed by atoms with van der Waals surface area (Å²) in [6, 6.07) is 0.154. The van der Waals surface area contributed by atoms with Crippen molar-refractivity contribution in [1.82, 2.24) is 15.3 Å². The minimum Gasteiger partial charge on any atom is -0.383 e. The summed E-state index contributed by atoms with van der Waals surface area (Å²) in [6.45, 7) is 2.92. The van der Waals surface area contributed by atoms with Crippen molar-refractivity contribution in [2.24, 2.45) is 0 Å². The summed E-state index contributed by atoms with van der Waals surface area (Å²) >= 11 is 0. The van der Waals surface area contributed by atoms with Gasteiger partial charge in [0.15, 0.2) is 0 Å². The molecule has 0 aliphatic rings. The van der Waals surface area contributed by atoms with Crippen LogP contribution in [0.4, 0.5) is 0 Å². The first-order valence-corrected chi connectivity index (χ1v) is 4.66. The Morgan fingerprint density at radius 2 is 2.27 bits per heavy atom. The SMILES string of the molecule is COCC(C)NCc1c[nH]c(=O)[nH]c1=O. The van der Waals surface area contributed by atoms with Gasteiger partial charge in [-0.3, -0.25) is 9.78 Å². The third-order valence-electron chi connectivity index (χ3n) is 1.95. The Morgan fingerprint density at radius 1 is 1.53 bits per heavy atom. The van der Waals surface area contributed by atoms with Gasteiger partial charge in [0.2, 0.25) is 0 Å². The van der Waals surface area contributed by atoms with Crippen molar-refractivity contribution >= 4 is 0 Å². The van der Waals surface area contributed by atoms with Crippen molar-refractivity contribution in [1.29, 1.82) is 0 Å². The largest absolute Gasteiger partial charge is 0.383 e. The maximum atomic E-state index is 11.3. The number of methoxy groups -OCH3 is 1. The number of aromatic amines is 2. The first-order valence-electron chi connectivity index (χ1n) is 4.66. The smallest absolute Gasteiger partial charge is 0.325 e. The molecule has 1 aromatic rings. The number of hydrogen-bond acceptors (Lipinski definition) is 4. The van der Waals surface area contributed by atoms with E-state index in [4.69, 9.17) is 4.74 Å². The molecule has 1 aromatic heterocycles. The molecule has 1 rings (SSSR count). The molecule has 0 fully saturated rings. The molecule has 84 valence electrons. The van der Waals surface area contributed by atoms with Crippen molar-refractivity contribution in [2.75, 3.05) is 13.7 Å². The summed E-state index contributed by atoms with van der Waals surface area (Å²) in [4.78, 5) is 26.6. The van der Waals surface area contributed by atoms with Gasteiger partial charge in [0.1, 0.15) is 0 Å². The fourth-order valence-corrected chi connectivity index (χ4v) is 1.16. The van der Waals surface area contributed by atoms with E-state index in [1.165, 1.54) is 6.20 Å². The van der Waals surface area contributed by atoms with E-state index in [0.29, 0.717) is 18.7 Å². The summed E-state index contributed by atoms with van der Waals surface area (Å²) in [6.07, 6.45) is 1.41. The summed E-state index contributed by atoms with van der Waals surface area (Å²) in [7, 11) is 1.62. The second-order valence-electron chi connectivity index (χ2n) is 3.33. The number of aromatic nitrogens is 2. The van der Waals surface area contributed by atoms with Crippen LogP contribution in [0.25, 0.3) is 0 Å². The van der Waals surface area contributed by atoms with Crippen molar-refractivity contribution < 1.29 is 4.74 Å². The zero-order valence-corrected chi connectivity index (χ0v) is 8.79. The van der Waals surface area contributed by atoms with E-state index in [1.807, 2.05) is 6.92 Å². The molecule has 0 aliphatic carbocycles. The number of H-pyrrole nitrogens is 2. The van der Waals surface area contributed by atoms with E-state index < -0.39 is 5.69 Å². The van der Waals surface area contributed by atoms with Crippen LogP contribution in [0.2, 0.25) is 0 Å². The highest BCUT2D eigenvalue weighted by Crippen LogP contribution is 1.87. The second-order valence-corrected chi connectivity index (χ2v) is 3.33. The molecular formula is C9H15N3O3. The van der Waals surface area contributed by atoms with Gasteiger partial charge < -0.3 is 15.0 Å². The highest BCUT2D eigenvalue weighted by atomic mass is 16.5. The van der Waals surface area contributed by atoms with Crippen LogP contribution in [0.3, 0.4) is 0 Å². The summed E-state index contributed by atoms with van der Waals surface area (Å²) in [5.41, 5.74) is -0.359. The Morgan fingerprint density at radius 3 is 2.87 bits per heavy atom. The first-order chi connectivity index (χ1) is 7.13. The normalized spacial score (nSPS) is 12.7. The van der Waals surface area contributed by atoms with Gasteiger partial charge in [-0.2, -0.15) is 0 Å². The predicted molar refractivity (Wildman–Crippen MR) is 55.9 cm³/mol. The lowest BCUT2D eigenvalue weighted by Crippen LogP contribution is -2.33. The summed E-state index contributed by atoms with van der Waals surface area (Å²) in [5.74, 6) is 0. The van der Waals surface area contributed by atoms with E-state index in [-0.39, 0.29) is 11.6 Å². The highest BCUT2D eigenvalue weighted by Gasteiger charge is 2.03. The molecule has 6 heteroatoms. The average Bonchev–Trinajstić information content (AvgIpc) is 2.17. The average molecular weight is 213 g/mol. The van der Waals surface area contributed by atoms with Crippen molar-refractivity contribution in [2.45, 2.75) is 19.5 Å². The van der Waals surface area contributed by atoms with Gasteiger partial charge in [-0.25, -0.2) is 4.79 Å². The minimum absolute atomic E-state index is 0.154. The third kappa shape index (κ3) is 3.69. The molecule has 6 nitrogen and oxygen atoms in total. The van der Waals surface area contributed by atoms with Crippen molar-refractivity contribution in [3.05, 3.63) is 32.6 Å². The van der Waals surface area contributed by atoms with Crippen molar-refractivity contribution in [3.63, 3.8) is 0 Å². The Hall–Kier alpha value is -1.40. The van der Waals surface area contributed by atoms with Crippen LogP contribution in [0.1, 0.15) is 12.5 Å². The number of hydrogen-bond donors (Lipinski definition) is 3. The topological polar surface area (TPSA) is 87.0 Å². The summed E-state index contributed by atoms with van der Waals surface area (Å²) in [5, 5.41) is 3.09. The molecule has 1 unspecified atom stereocenters. The second kappa shape index (κ2) is 5.47. The van der Waals surface area contributed by atoms with Crippen LogP contribution in [0.15, 0.2) is 15.8 Å². The molecule has 0 spiro atoms. The van der Waals surface area contributed by atoms with Gasteiger partial charge in [-0.15, -0.1) is 0 Å². The van der Waals surface area contributed by atoms with Gasteiger partial charge in [-0.1, -0.05) is 0 Å². The van der Waals surface area contributed by atoms with Crippen LogP contribution >= 0.6 is 0 Å². The first kappa shape index (κ1) is 11.7. The molecular weight excluding hydrogens is 198 g/mol. The molecule has 3 N–H and O–H groups in total. The van der Waals surface area contributed by atoms with Gasteiger partial charge in [0.25, 0.3) is 5.56 Å². The number of rotatable bonds is 5. The van der Waals surface area contributed by atoms with Gasteiger partial charge in [-0.05, 0) is 6.92 Å². The maximum absolute atomic E-state index is 11.3. The monoisotopic (exact) mass is 213 g/mol. The van der Waals surface area contributed by atoms with Crippen LogP contribution in [0.5, 0.6) is 0 Å². The van der Waals surface area contributed by atoms with Crippen LogP contribution in [-0.2, 0) is 11.3 Å². The van der Waals surface area contributed by atoms with E-state index in [2.05, 4.69) is 15.3 Å². The van der Waals surface area contributed by atoms with Gasteiger partial charge in [0, 0.05) is 31.5 Å². The lowest BCUT2D eigenvalue weighted by molar-refractivity contribution is 0.171. The quantitative estimate of drug-likeness (QED) is 0.597. The summed E-state index contributed by atoms with van der Waals surface area (Å²) < 4.78 is 4.94. The molecule has 0 radical (unpaired) electrons. The molecule has 0 bridgehead atoms. The van der Waals surface area contributed by atoms with Gasteiger partial charge >= 0.3 is 5.69 Å². The standard InChI is InChI=1S/C9H15N3O3/c1-6(5-15-2)10-3-7-4-11-9(14)12-8(7)13/h4,6,10H,3,5H2,1-2H3,(H2,11,12,13,14). The van der Waals surface area contributed by atoms with E-state index >= 15 is 0 Å². The molecule has 15 heavy (non-hydrogen) atoms. The molecule has 0 amide bonds. The Kier molecular flexibility index (Phi) is 4.26. The lowest BCUT2D eigenvalue weighted by atomic mass is 10.3. The van der Waals surface area contributed by atoms with Crippen molar-refractivity contribution in [3.8, 4) is 0 Å². The molecule has 0 aliphatic heterocycles. The van der Waals surface area contributed by atoms with E-state index in [9.17, 15) is 9.59 Å². The third-order valence-corrected chi connectivity index (χ3v) is 1.95. The Labute approximate surface area is 86.7 Å². The molecule has 0 saturated heterocycles. The molecule has 1 atom stereocenters. The zero-order valence-electron chi connectivity index (χ0n) is 8.79. The van der Waals surface area contributed by atoms with E-state index in [1.54, 1.807) is 7.11 Å². The fourth-order valence-electron chi connectivity index (χ4n) is 1.16. The predicted octanol–water partition coefficient (Wildman–Crippen LogP) is -0.812. The minimum atomic E-state index is -0.492. The van der Waals surface area contributed by atoms with Crippen LogP contribution in [0, 0.1) is 0 Å². The fraction of sp³-hybridized carbons (Fsp3) is 0.556. The van der Waals surface area contributed by atoms with Crippen LogP contribution < -0.4 is 16.6 Å². The molecule has 0 aromatic carbocycles. The van der Waals surface area contributed by atoms with Crippen LogP contribution in [-0.4, -0.2) is 29.7 Å². The number of ether oxygens (including phenoxy) is 1. The highest BCUT2D eigenvalue weighted by molar-refractivity contribution is 5.02. The zero-order chi connectivity index (χ0) is 11.3. The van der Waals surface area contributed by atoms with E-state index in [0.717, 1.165) is 0 Å². The lowest BCUT2D eigenvalue weighted by Gasteiger charge is -2.11. The van der Waals surface area contributed by atoms with Gasteiger partial charge in [0.05, 0.1) is 6.61 Å². The number of nitrogens with one attached hydrogen (secondary N) is 3. The Bertz CT molecular complexity index is 410. The Balaban J connectivity index is 2.58. The molecule has 1 heterocycles.